The van der Waals surface area contributed by atoms with Gasteiger partial charge in [0.15, 0.2) is 6.61 Å². The van der Waals surface area contributed by atoms with E-state index < -0.39 is 24.4 Å². The van der Waals surface area contributed by atoms with E-state index in [9.17, 15) is 14.4 Å². The molecule has 3 rings (SSSR count). The number of nitrogens with zero attached hydrogens (tertiary/aromatic N) is 2. The molecule has 2 aromatic carbocycles. The largest absolute Gasteiger partial charge is 0.455 e. The number of ether oxygens (including phenoxy) is 1. The third-order valence-electron chi connectivity index (χ3n) is 4.42. The Morgan fingerprint density at radius 2 is 2.00 bits per heavy atom. The lowest BCUT2D eigenvalue weighted by Gasteiger charge is -2.16. The van der Waals surface area contributed by atoms with Crippen LogP contribution in [0.1, 0.15) is 17.5 Å². The molecule has 0 radical (unpaired) electrons. The summed E-state index contributed by atoms with van der Waals surface area (Å²) in [5.74, 6) is -1.85. The van der Waals surface area contributed by atoms with Crippen LogP contribution in [0.15, 0.2) is 48.5 Å². The van der Waals surface area contributed by atoms with Gasteiger partial charge < -0.3 is 15.0 Å². The second kappa shape index (κ2) is 8.35. The van der Waals surface area contributed by atoms with Gasteiger partial charge in [-0.25, -0.2) is 0 Å². The molecule has 7 heteroatoms. The molecule has 2 aromatic rings. The average Bonchev–Trinajstić information content (AvgIpc) is 3.08. The predicted molar refractivity (Wildman–Crippen MR) is 102 cm³/mol. The Morgan fingerprint density at radius 3 is 2.71 bits per heavy atom. The van der Waals surface area contributed by atoms with Gasteiger partial charge in [0.2, 0.25) is 5.91 Å². The summed E-state index contributed by atoms with van der Waals surface area (Å²) in [5.41, 5.74) is 2.68. The van der Waals surface area contributed by atoms with Crippen LogP contribution < -0.4 is 10.2 Å². The molecule has 1 aliphatic rings. The zero-order valence-corrected chi connectivity index (χ0v) is 15.3. The van der Waals surface area contributed by atoms with Crippen molar-refractivity contribution in [3.05, 3.63) is 59.7 Å². The Bertz CT molecular complexity index is 947. The molecule has 1 aliphatic heterocycles. The lowest BCUT2D eigenvalue weighted by atomic mass is 10.1. The zero-order valence-electron chi connectivity index (χ0n) is 15.3. The van der Waals surface area contributed by atoms with Crippen LogP contribution in [0.3, 0.4) is 0 Å². The van der Waals surface area contributed by atoms with E-state index >= 15 is 0 Å². The van der Waals surface area contributed by atoms with Crippen molar-refractivity contribution < 1.29 is 19.1 Å². The van der Waals surface area contributed by atoms with Crippen LogP contribution in [0.25, 0.3) is 0 Å². The van der Waals surface area contributed by atoms with E-state index in [2.05, 4.69) is 5.32 Å². The standard InChI is InChI=1S/C21H19N3O4/c1-14-5-7-18(8-6-14)24-12-16(10-20(24)26)21(27)28-13-19(25)23-17-4-2-3-15(9-17)11-22/h2-9,16H,10,12-13H2,1H3,(H,23,25)/t16-/m1/s1. The lowest BCUT2D eigenvalue weighted by molar-refractivity contribution is -0.151. The van der Waals surface area contributed by atoms with Crippen LogP contribution in [0.4, 0.5) is 11.4 Å². The van der Waals surface area contributed by atoms with Gasteiger partial charge in [0, 0.05) is 24.3 Å². The summed E-state index contributed by atoms with van der Waals surface area (Å²) in [7, 11) is 0. The molecule has 7 nitrogen and oxygen atoms in total. The first kappa shape index (κ1) is 19.1. The Labute approximate surface area is 162 Å². The Morgan fingerprint density at radius 1 is 1.25 bits per heavy atom. The first-order valence-electron chi connectivity index (χ1n) is 8.80. The number of amides is 2. The topological polar surface area (TPSA) is 99.5 Å². The van der Waals surface area contributed by atoms with Crippen LogP contribution in [-0.4, -0.2) is 30.9 Å². The molecule has 28 heavy (non-hydrogen) atoms. The van der Waals surface area contributed by atoms with E-state index in [1.807, 2.05) is 37.3 Å². The van der Waals surface area contributed by atoms with Gasteiger partial charge in [-0.3, -0.25) is 14.4 Å². The Kier molecular flexibility index (Phi) is 5.70. The van der Waals surface area contributed by atoms with E-state index in [0.717, 1.165) is 11.3 Å². The molecule has 142 valence electrons. The number of hydrogen-bond acceptors (Lipinski definition) is 5. The summed E-state index contributed by atoms with van der Waals surface area (Å²) in [6, 6.07) is 15.9. The van der Waals surface area contributed by atoms with E-state index in [1.54, 1.807) is 23.1 Å². The van der Waals surface area contributed by atoms with Gasteiger partial charge in [-0.1, -0.05) is 23.8 Å². The first-order chi connectivity index (χ1) is 13.5. The second-order valence-corrected chi connectivity index (χ2v) is 6.59. The number of aryl methyl sites for hydroxylation is 1. The number of hydrogen-bond donors (Lipinski definition) is 1. The SMILES string of the molecule is Cc1ccc(N2C[C@H](C(=O)OCC(=O)Nc3cccc(C#N)c3)CC2=O)cc1. The van der Waals surface area contributed by atoms with E-state index in [1.165, 1.54) is 6.07 Å². The fourth-order valence-corrected chi connectivity index (χ4v) is 2.96. The van der Waals surface area contributed by atoms with E-state index in [4.69, 9.17) is 10.00 Å². The maximum absolute atomic E-state index is 12.3. The van der Waals surface area contributed by atoms with Crippen LogP contribution in [0.5, 0.6) is 0 Å². The third-order valence-corrected chi connectivity index (χ3v) is 4.42. The minimum absolute atomic E-state index is 0.0541. The minimum atomic E-state index is -0.608. The van der Waals surface area contributed by atoms with Gasteiger partial charge in [-0.15, -0.1) is 0 Å². The van der Waals surface area contributed by atoms with Gasteiger partial charge in [0.05, 0.1) is 17.6 Å². The van der Waals surface area contributed by atoms with Crippen LogP contribution in [0, 0.1) is 24.2 Å². The molecule has 1 saturated heterocycles. The fraction of sp³-hybridized carbons (Fsp3) is 0.238. The molecule has 0 aliphatic carbocycles. The molecular formula is C21H19N3O4. The molecule has 0 bridgehead atoms. The number of carbonyl (C=O) groups excluding carboxylic acids is 3. The molecule has 0 unspecified atom stereocenters. The van der Waals surface area contributed by atoms with Crippen molar-refractivity contribution in [1.29, 1.82) is 5.26 Å². The molecule has 0 aromatic heterocycles. The molecule has 2 amide bonds. The van der Waals surface area contributed by atoms with Gasteiger partial charge in [0.1, 0.15) is 0 Å². The molecule has 1 atom stereocenters. The highest BCUT2D eigenvalue weighted by Gasteiger charge is 2.36. The maximum atomic E-state index is 12.3. The van der Waals surface area contributed by atoms with Gasteiger partial charge in [-0.05, 0) is 37.3 Å². The van der Waals surface area contributed by atoms with Crippen molar-refractivity contribution in [1.82, 2.24) is 0 Å². The number of carbonyl (C=O) groups is 3. The summed E-state index contributed by atoms with van der Waals surface area (Å²) in [6.07, 6.45) is 0.0541. The van der Waals surface area contributed by atoms with Gasteiger partial charge >= 0.3 is 5.97 Å². The third kappa shape index (κ3) is 4.54. The van der Waals surface area contributed by atoms with Crippen molar-refractivity contribution >= 4 is 29.2 Å². The van der Waals surface area contributed by atoms with Crippen LogP contribution >= 0.6 is 0 Å². The number of nitrogens with one attached hydrogen (secondary N) is 1. The highest BCUT2D eigenvalue weighted by atomic mass is 16.5. The van der Waals surface area contributed by atoms with Crippen molar-refractivity contribution in [2.24, 2.45) is 5.92 Å². The average molecular weight is 377 g/mol. The fourth-order valence-electron chi connectivity index (χ4n) is 2.96. The molecule has 0 spiro atoms. The normalized spacial score (nSPS) is 15.8. The van der Waals surface area contributed by atoms with Crippen LogP contribution in [-0.2, 0) is 19.1 Å². The van der Waals surface area contributed by atoms with Crippen molar-refractivity contribution in [2.75, 3.05) is 23.4 Å². The van der Waals surface area contributed by atoms with E-state index in [-0.39, 0.29) is 18.9 Å². The van der Waals surface area contributed by atoms with Gasteiger partial charge in [0.25, 0.3) is 5.91 Å². The Hall–Kier alpha value is -3.66. The number of benzene rings is 2. The molecular weight excluding hydrogens is 358 g/mol. The minimum Gasteiger partial charge on any atom is -0.455 e. The highest BCUT2D eigenvalue weighted by Crippen LogP contribution is 2.26. The van der Waals surface area contributed by atoms with E-state index in [0.29, 0.717) is 11.3 Å². The number of esters is 1. The molecule has 1 N–H and O–H groups in total. The second-order valence-electron chi connectivity index (χ2n) is 6.59. The predicted octanol–water partition coefficient (Wildman–Crippen LogP) is 2.40. The van der Waals surface area contributed by atoms with Gasteiger partial charge in [-0.2, -0.15) is 5.26 Å². The first-order valence-corrected chi connectivity index (χ1v) is 8.80. The quantitative estimate of drug-likeness (QED) is 0.807. The van der Waals surface area contributed by atoms with Crippen molar-refractivity contribution in [3.8, 4) is 6.07 Å². The number of rotatable bonds is 5. The summed E-state index contributed by atoms with van der Waals surface area (Å²) in [4.78, 5) is 38.0. The highest BCUT2D eigenvalue weighted by molar-refractivity contribution is 6.00. The summed E-state index contributed by atoms with van der Waals surface area (Å²) in [5, 5.41) is 11.4. The number of anilines is 2. The zero-order chi connectivity index (χ0) is 20.1. The monoisotopic (exact) mass is 377 g/mol. The summed E-state index contributed by atoms with van der Waals surface area (Å²) < 4.78 is 5.07. The maximum Gasteiger partial charge on any atom is 0.311 e. The van der Waals surface area contributed by atoms with Crippen LogP contribution in [0.2, 0.25) is 0 Å². The van der Waals surface area contributed by atoms with Crippen molar-refractivity contribution in [3.63, 3.8) is 0 Å². The molecule has 1 fully saturated rings. The number of nitriles is 1. The van der Waals surface area contributed by atoms with Crippen molar-refractivity contribution in [2.45, 2.75) is 13.3 Å². The Balaban J connectivity index is 1.52. The smallest absolute Gasteiger partial charge is 0.311 e. The molecule has 0 saturated carbocycles. The lowest BCUT2D eigenvalue weighted by Crippen LogP contribution is -2.28. The summed E-state index contributed by atoms with van der Waals surface area (Å²) in [6.45, 7) is 1.73. The summed E-state index contributed by atoms with van der Waals surface area (Å²) >= 11 is 0. The molecule has 1 heterocycles.